The van der Waals surface area contributed by atoms with E-state index in [4.69, 9.17) is 0 Å². The lowest BCUT2D eigenvalue weighted by atomic mass is 10.1. The predicted octanol–water partition coefficient (Wildman–Crippen LogP) is 2.07. The highest BCUT2D eigenvalue weighted by molar-refractivity contribution is 5.93. The standard InChI is InChI=1S/C11H8F3N3O2/c1-2-19-11(18)10-9(15-17-16-10)6-3-5(12)4-7(13)8(6)14/h3-4H,2H2,1H3,(H,15,16,17). The maximum atomic E-state index is 13.6. The van der Waals surface area contributed by atoms with Gasteiger partial charge in [0.05, 0.1) is 6.61 Å². The Kier molecular flexibility index (Phi) is 3.50. The molecule has 0 amide bonds. The Hall–Kier alpha value is -2.38. The van der Waals surface area contributed by atoms with Gasteiger partial charge in [0.1, 0.15) is 11.5 Å². The zero-order valence-corrected chi connectivity index (χ0v) is 9.71. The first kappa shape index (κ1) is 13.1. The lowest BCUT2D eigenvalue weighted by Gasteiger charge is -2.03. The SMILES string of the molecule is CCOC(=O)c1n[nH]nc1-c1cc(F)cc(F)c1F. The summed E-state index contributed by atoms with van der Waals surface area (Å²) in [6, 6.07) is 1.11. The molecule has 8 heteroatoms. The Bertz CT molecular complexity index is 628. The molecular formula is C11H8F3N3O2. The number of ether oxygens (including phenoxy) is 1. The minimum absolute atomic E-state index is 0.0745. The molecule has 0 aliphatic rings. The normalized spacial score (nSPS) is 10.5. The second kappa shape index (κ2) is 5.09. The topological polar surface area (TPSA) is 67.9 Å². The molecule has 0 radical (unpaired) electrons. The van der Waals surface area contributed by atoms with E-state index in [9.17, 15) is 18.0 Å². The molecule has 2 aromatic rings. The van der Waals surface area contributed by atoms with E-state index in [0.29, 0.717) is 6.07 Å². The van der Waals surface area contributed by atoms with E-state index in [1.165, 1.54) is 0 Å². The Morgan fingerprint density at radius 3 is 2.74 bits per heavy atom. The predicted molar refractivity (Wildman–Crippen MR) is 57.6 cm³/mol. The summed E-state index contributed by atoms with van der Waals surface area (Å²) in [5.74, 6) is -4.56. The zero-order valence-electron chi connectivity index (χ0n) is 9.71. The highest BCUT2D eigenvalue weighted by atomic mass is 19.2. The molecule has 19 heavy (non-hydrogen) atoms. The van der Waals surface area contributed by atoms with Gasteiger partial charge < -0.3 is 4.74 Å². The quantitative estimate of drug-likeness (QED) is 0.685. The van der Waals surface area contributed by atoms with Crippen LogP contribution in [-0.2, 0) is 4.74 Å². The van der Waals surface area contributed by atoms with E-state index >= 15 is 0 Å². The summed E-state index contributed by atoms with van der Waals surface area (Å²) in [5.41, 5.74) is -1.16. The van der Waals surface area contributed by atoms with Crippen molar-refractivity contribution >= 4 is 5.97 Å². The third kappa shape index (κ3) is 2.42. The molecule has 0 unspecified atom stereocenters. The maximum absolute atomic E-state index is 13.6. The van der Waals surface area contributed by atoms with E-state index in [1.807, 2.05) is 0 Å². The number of hydrogen-bond acceptors (Lipinski definition) is 4. The number of carbonyl (C=O) groups excluding carboxylic acids is 1. The number of esters is 1. The van der Waals surface area contributed by atoms with Crippen LogP contribution in [-0.4, -0.2) is 28.0 Å². The smallest absolute Gasteiger partial charge is 0.361 e. The first-order valence-electron chi connectivity index (χ1n) is 5.27. The molecule has 1 heterocycles. The van der Waals surface area contributed by atoms with Gasteiger partial charge in [0.25, 0.3) is 0 Å². The minimum atomic E-state index is -1.38. The van der Waals surface area contributed by atoms with Gasteiger partial charge in [-0.25, -0.2) is 18.0 Å². The summed E-state index contributed by atoms with van der Waals surface area (Å²) in [5, 5.41) is 9.10. The molecule has 0 bridgehead atoms. The monoisotopic (exact) mass is 271 g/mol. The number of halogens is 3. The molecule has 0 aliphatic carbocycles. The molecule has 0 fully saturated rings. The van der Waals surface area contributed by atoms with Crippen LogP contribution in [0.1, 0.15) is 17.4 Å². The molecule has 1 aromatic heterocycles. The Balaban J connectivity index is 2.54. The van der Waals surface area contributed by atoms with Crippen LogP contribution in [0.15, 0.2) is 12.1 Å². The summed E-state index contributed by atoms with van der Waals surface area (Å²) in [7, 11) is 0. The van der Waals surface area contributed by atoms with Gasteiger partial charge in [0.2, 0.25) is 0 Å². The Morgan fingerprint density at radius 2 is 2.05 bits per heavy atom. The van der Waals surface area contributed by atoms with Gasteiger partial charge in [-0.1, -0.05) is 0 Å². The number of nitrogens with zero attached hydrogens (tertiary/aromatic N) is 2. The molecule has 1 N–H and O–H groups in total. The highest BCUT2D eigenvalue weighted by Crippen LogP contribution is 2.26. The van der Waals surface area contributed by atoms with Crippen molar-refractivity contribution in [1.82, 2.24) is 15.4 Å². The van der Waals surface area contributed by atoms with Gasteiger partial charge in [0, 0.05) is 11.6 Å². The number of benzene rings is 1. The summed E-state index contributed by atoms with van der Waals surface area (Å²) in [6.45, 7) is 1.64. The van der Waals surface area contributed by atoms with Crippen LogP contribution >= 0.6 is 0 Å². The molecule has 1 aromatic carbocycles. The van der Waals surface area contributed by atoms with E-state index in [-0.39, 0.29) is 18.0 Å². The second-order valence-electron chi connectivity index (χ2n) is 3.49. The van der Waals surface area contributed by atoms with Crippen molar-refractivity contribution in [3.63, 3.8) is 0 Å². The third-order valence-corrected chi connectivity index (χ3v) is 2.26. The molecule has 5 nitrogen and oxygen atoms in total. The van der Waals surface area contributed by atoms with Crippen molar-refractivity contribution in [1.29, 1.82) is 0 Å². The van der Waals surface area contributed by atoms with Crippen LogP contribution < -0.4 is 0 Å². The molecule has 100 valence electrons. The first-order chi connectivity index (χ1) is 9.04. The Labute approximate surface area is 105 Å². The summed E-state index contributed by atoms with van der Waals surface area (Å²) in [6.07, 6.45) is 0. The average Bonchev–Trinajstić information content (AvgIpc) is 2.83. The van der Waals surface area contributed by atoms with E-state index in [2.05, 4.69) is 20.1 Å². The van der Waals surface area contributed by atoms with Crippen LogP contribution in [0.3, 0.4) is 0 Å². The fourth-order valence-corrected chi connectivity index (χ4v) is 1.49. The van der Waals surface area contributed by atoms with Crippen molar-refractivity contribution < 1.29 is 22.7 Å². The molecule has 2 rings (SSSR count). The lowest BCUT2D eigenvalue weighted by molar-refractivity contribution is 0.0520. The van der Waals surface area contributed by atoms with Crippen LogP contribution in [0.2, 0.25) is 0 Å². The van der Waals surface area contributed by atoms with Gasteiger partial charge in [-0.3, -0.25) is 0 Å². The van der Waals surface area contributed by atoms with Crippen molar-refractivity contribution in [2.24, 2.45) is 0 Å². The van der Waals surface area contributed by atoms with Crippen LogP contribution in [0.4, 0.5) is 13.2 Å². The number of carbonyl (C=O) groups is 1. The summed E-state index contributed by atoms with van der Waals surface area (Å²) in [4.78, 5) is 11.5. The van der Waals surface area contributed by atoms with Crippen LogP contribution in [0, 0.1) is 17.5 Å². The van der Waals surface area contributed by atoms with Gasteiger partial charge in [0.15, 0.2) is 17.3 Å². The van der Waals surface area contributed by atoms with Crippen molar-refractivity contribution in [3.05, 3.63) is 35.3 Å². The second-order valence-corrected chi connectivity index (χ2v) is 3.49. The molecule has 0 saturated heterocycles. The van der Waals surface area contributed by atoms with E-state index in [0.717, 1.165) is 6.07 Å². The zero-order chi connectivity index (χ0) is 14.0. The van der Waals surface area contributed by atoms with Crippen LogP contribution in [0.25, 0.3) is 11.3 Å². The average molecular weight is 271 g/mol. The summed E-state index contributed by atoms with van der Waals surface area (Å²) >= 11 is 0. The number of rotatable bonds is 3. The first-order valence-corrected chi connectivity index (χ1v) is 5.27. The lowest BCUT2D eigenvalue weighted by Crippen LogP contribution is -2.07. The maximum Gasteiger partial charge on any atom is 0.361 e. The third-order valence-electron chi connectivity index (χ3n) is 2.26. The number of aromatic amines is 1. The number of hydrogen-bond donors (Lipinski definition) is 1. The number of H-pyrrole nitrogens is 1. The molecule has 0 atom stereocenters. The largest absolute Gasteiger partial charge is 0.461 e. The van der Waals surface area contributed by atoms with Gasteiger partial charge >= 0.3 is 5.97 Å². The molecular weight excluding hydrogens is 263 g/mol. The van der Waals surface area contributed by atoms with Crippen molar-refractivity contribution in [3.8, 4) is 11.3 Å². The summed E-state index contributed by atoms with van der Waals surface area (Å²) < 4.78 is 44.5. The van der Waals surface area contributed by atoms with Crippen molar-refractivity contribution in [2.45, 2.75) is 6.92 Å². The molecule has 0 aliphatic heterocycles. The fraction of sp³-hybridized carbons (Fsp3) is 0.182. The van der Waals surface area contributed by atoms with Gasteiger partial charge in [-0.2, -0.15) is 10.3 Å². The van der Waals surface area contributed by atoms with E-state index in [1.54, 1.807) is 6.92 Å². The Morgan fingerprint density at radius 1 is 1.32 bits per heavy atom. The van der Waals surface area contributed by atoms with Crippen molar-refractivity contribution in [2.75, 3.05) is 6.61 Å². The molecule has 0 spiro atoms. The van der Waals surface area contributed by atoms with Gasteiger partial charge in [-0.05, 0) is 13.0 Å². The highest BCUT2D eigenvalue weighted by Gasteiger charge is 2.23. The number of aromatic nitrogens is 3. The van der Waals surface area contributed by atoms with Gasteiger partial charge in [-0.15, -0.1) is 5.10 Å². The fourth-order valence-electron chi connectivity index (χ4n) is 1.49. The number of nitrogens with one attached hydrogen (secondary N) is 1. The minimum Gasteiger partial charge on any atom is -0.461 e. The van der Waals surface area contributed by atoms with E-state index < -0.39 is 29.0 Å². The van der Waals surface area contributed by atoms with Crippen LogP contribution in [0.5, 0.6) is 0 Å². The molecule has 0 saturated carbocycles.